The van der Waals surface area contributed by atoms with E-state index in [4.69, 9.17) is 9.15 Å². The molecule has 1 aromatic heterocycles. The van der Waals surface area contributed by atoms with Crippen molar-refractivity contribution < 1.29 is 13.9 Å². The maximum atomic E-state index is 13.7. The van der Waals surface area contributed by atoms with Gasteiger partial charge in [0.1, 0.15) is 11.3 Å². The molecule has 32 heavy (non-hydrogen) atoms. The van der Waals surface area contributed by atoms with Crippen LogP contribution in [-0.2, 0) is 0 Å². The van der Waals surface area contributed by atoms with E-state index in [2.05, 4.69) is 4.90 Å². The van der Waals surface area contributed by atoms with E-state index in [9.17, 15) is 9.59 Å². The molecule has 1 atom stereocenters. The molecule has 0 bridgehead atoms. The van der Waals surface area contributed by atoms with E-state index in [0.717, 1.165) is 35.4 Å². The van der Waals surface area contributed by atoms with Crippen molar-refractivity contribution in [3.63, 3.8) is 0 Å². The molecule has 1 aliphatic heterocycles. The monoisotopic (exact) mass is 434 g/mol. The number of carbonyl (C=O) groups is 1. The summed E-state index contributed by atoms with van der Waals surface area (Å²) in [5, 5.41) is 0.515. The van der Waals surface area contributed by atoms with E-state index in [1.807, 2.05) is 71.3 Å². The molecule has 6 nitrogen and oxygen atoms in total. The molecule has 0 saturated heterocycles. The number of ether oxygens (including phenoxy) is 1. The van der Waals surface area contributed by atoms with Crippen LogP contribution in [0.1, 0.15) is 52.2 Å². The van der Waals surface area contributed by atoms with Gasteiger partial charge in [0.25, 0.3) is 5.91 Å². The second-order valence-electron chi connectivity index (χ2n) is 8.67. The Morgan fingerprint density at radius 1 is 1.09 bits per heavy atom. The van der Waals surface area contributed by atoms with Crippen LogP contribution < -0.4 is 10.2 Å². The van der Waals surface area contributed by atoms with Crippen molar-refractivity contribution in [1.82, 2.24) is 9.80 Å². The molecule has 0 aliphatic carbocycles. The van der Waals surface area contributed by atoms with Crippen LogP contribution in [0.3, 0.4) is 0 Å². The fourth-order valence-electron chi connectivity index (χ4n) is 4.35. The van der Waals surface area contributed by atoms with Crippen molar-refractivity contribution in [3.8, 4) is 5.75 Å². The number of aryl methyl sites for hydroxylation is 2. The number of carbonyl (C=O) groups excluding carboxylic acids is 1. The molecule has 3 aromatic rings. The van der Waals surface area contributed by atoms with Gasteiger partial charge in [-0.05, 0) is 88.8 Å². The smallest absolute Gasteiger partial charge is 0.290 e. The Morgan fingerprint density at radius 2 is 1.84 bits per heavy atom. The molecule has 1 amide bonds. The van der Waals surface area contributed by atoms with Crippen molar-refractivity contribution in [1.29, 1.82) is 0 Å². The Hall–Kier alpha value is -3.12. The molecule has 0 fully saturated rings. The van der Waals surface area contributed by atoms with Gasteiger partial charge in [-0.1, -0.05) is 12.1 Å². The first-order valence-corrected chi connectivity index (χ1v) is 11.1. The Bertz CT molecular complexity index is 1230. The van der Waals surface area contributed by atoms with Crippen molar-refractivity contribution in [2.75, 3.05) is 33.8 Å². The van der Waals surface area contributed by atoms with Crippen LogP contribution in [0.15, 0.2) is 45.6 Å². The van der Waals surface area contributed by atoms with Gasteiger partial charge in [0.2, 0.25) is 5.76 Å². The molecule has 0 saturated carbocycles. The SMILES string of the molecule is CCOc1cccc([C@H]2c3c(oc4cc(C)c(C)cc4c3=O)C(=O)N2CCCN(C)C)c1. The molecule has 168 valence electrons. The maximum Gasteiger partial charge on any atom is 0.290 e. The van der Waals surface area contributed by atoms with Crippen LogP contribution in [0.2, 0.25) is 0 Å². The van der Waals surface area contributed by atoms with Gasteiger partial charge in [0.05, 0.1) is 23.6 Å². The third kappa shape index (κ3) is 3.91. The average Bonchev–Trinajstić information content (AvgIpc) is 3.02. The van der Waals surface area contributed by atoms with Gasteiger partial charge < -0.3 is 19.0 Å². The van der Waals surface area contributed by atoms with Gasteiger partial charge in [-0.25, -0.2) is 0 Å². The standard InChI is InChI=1S/C26H30N2O4/c1-6-31-19-10-7-9-18(15-19)23-22-24(29)20-13-16(2)17(3)14-21(20)32-25(22)26(30)28(23)12-8-11-27(4)5/h7,9-10,13-15,23H,6,8,11-12H2,1-5H3/t23-/m0/s1. The minimum Gasteiger partial charge on any atom is -0.494 e. The van der Waals surface area contributed by atoms with Gasteiger partial charge in [0.15, 0.2) is 5.43 Å². The molecule has 1 aliphatic rings. The third-order valence-electron chi connectivity index (χ3n) is 6.07. The molecule has 0 N–H and O–H groups in total. The summed E-state index contributed by atoms with van der Waals surface area (Å²) in [6, 6.07) is 10.9. The fraction of sp³-hybridized carbons (Fsp3) is 0.385. The number of benzene rings is 2. The minimum absolute atomic E-state index is 0.139. The highest BCUT2D eigenvalue weighted by Crippen LogP contribution is 2.39. The number of nitrogens with zero attached hydrogens (tertiary/aromatic N) is 2. The maximum absolute atomic E-state index is 13.7. The zero-order valence-corrected chi connectivity index (χ0v) is 19.4. The van der Waals surface area contributed by atoms with E-state index < -0.39 is 6.04 Å². The number of rotatable bonds is 7. The summed E-state index contributed by atoms with van der Waals surface area (Å²) in [6.07, 6.45) is 0.792. The summed E-state index contributed by atoms with van der Waals surface area (Å²) in [5.74, 6) is 0.640. The zero-order chi connectivity index (χ0) is 23.0. The van der Waals surface area contributed by atoms with Gasteiger partial charge >= 0.3 is 0 Å². The summed E-state index contributed by atoms with van der Waals surface area (Å²) in [6.45, 7) is 7.79. The lowest BCUT2D eigenvalue weighted by atomic mass is 9.97. The lowest BCUT2D eigenvalue weighted by molar-refractivity contribution is 0.0722. The van der Waals surface area contributed by atoms with Gasteiger partial charge in [0, 0.05) is 6.54 Å². The van der Waals surface area contributed by atoms with Crippen LogP contribution in [0.25, 0.3) is 11.0 Å². The minimum atomic E-state index is -0.498. The highest BCUT2D eigenvalue weighted by atomic mass is 16.5. The fourth-order valence-corrected chi connectivity index (χ4v) is 4.35. The van der Waals surface area contributed by atoms with E-state index in [0.29, 0.717) is 29.7 Å². The van der Waals surface area contributed by atoms with E-state index >= 15 is 0 Å². The molecule has 6 heteroatoms. The van der Waals surface area contributed by atoms with Gasteiger partial charge in [-0.15, -0.1) is 0 Å². The van der Waals surface area contributed by atoms with Crippen LogP contribution in [0.4, 0.5) is 0 Å². The predicted molar refractivity (Wildman–Crippen MR) is 126 cm³/mol. The second kappa shape index (κ2) is 8.79. The molecule has 2 aromatic carbocycles. The van der Waals surface area contributed by atoms with Crippen molar-refractivity contribution >= 4 is 16.9 Å². The van der Waals surface area contributed by atoms with Crippen LogP contribution >= 0.6 is 0 Å². The Balaban J connectivity index is 1.89. The summed E-state index contributed by atoms with van der Waals surface area (Å²) >= 11 is 0. The lowest BCUT2D eigenvalue weighted by Crippen LogP contribution is -2.32. The molecular weight excluding hydrogens is 404 g/mol. The molecule has 0 unspecified atom stereocenters. The average molecular weight is 435 g/mol. The quantitative estimate of drug-likeness (QED) is 0.555. The van der Waals surface area contributed by atoms with Crippen LogP contribution in [0.5, 0.6) is 5.75 Å². The van der Waals surface area contributed by atoms with E-state index in [-0.39, 0.29) is 17.1 Å². The normalized spacial score (nSPS) is 15.6. The van der Waals surface area contributed by atoms with E-state index in [1.165, 1.54) is 0 Å². The topological polar surface area (TPSA) is 63.0 Å². The Kier molecular flexibility index (Phi) is 6.07. The predicted octanol–water partition coefficient (Wildman–Crippen LogP) is 4.31. The second-order valence-corrected chi connectivity index (χ2v) is 8.67. The summed E-state index contributed by atoms with van der Waals surface area (Å²) in [7, 11) is 4.01. The lowest BCUT2D eigenvalue weighted by Gasteiger charge is -2.26. The zero-order valence-electron chi connectivity index (χ0n) is 19.4. The Morgan fingerprint density at radius 3 is 2.56 bits per heavy atom. The van der Waals surface area contributed by atoms with E-state index in [1.54, 1.807) is 4.90 Å². The Labute approximate surface area is 188 Å². The van der Waals surface area contributed by atoms with Crippen molar-refractivity contribution in [2.45, 2.75) is 33.2 Å². The number of amides is 1. The van der Waals surface area contributed by atoms with Gasteiger partial charge in [-0.3, -0.25) is 9.59 Å². The van der Waals surface area contributed by atoms with Crippen molar-refractivity contribution in [3.05, 3.63) is 74.6 Å². The van der Waals surface area contributed by atoms with Crippen LogP contribution in [0, 0.1) is 13.8 Å². The molecule has 2 heterocycles. The first kappa shape index (κ1) is 22.1. The molecular formula is C26H30N2O4. The molecule has 0 radical (unpaired) electrons. The van der Waals surface area contributed by atoms with Crippen LogP contribution in [-0.4, -0.2) is 49.5 Å². The highest BCUT2D eigenvalue weighted by molar-refractivity contribution is 5.99. The summed E-state index contributed by atoms with van der Waals surface area (Å²) in [4.78, 5) is 31.0. The molecule has 0 spiro atoms. The summed E-state index contributed by atoms with van der Waals surface area (Å²) < 4.78 is 11.8. The number of fused-ring (bicyclic) bond motifs is 2. The first-order chi connectivity index (χ1) is 15.3. The summed E-state index contributed by atoms with van der Waals surface area (Å²) in [5.41, 5.74) is 3.64. The molecule has 4 rings (SSSR count). The number of hydrogen-bond acceptors (Lipinski definition) is 5. The van der Waals surface area contributed by atoms with Crippen molar-refractivity contribution in [2.24, 2.45) is 0 Å². The number of hydrogen-bond donors (Lipinski definition) is 0. The van der Waals surface area contributed by atoms with Gasteiger partial charge in [-0.2, -0.15) is 0 Å². The largest absolute Gasteiger partial charge is 0.494 e. The highest BCUT2D eigenvalue weighted by Gasteiger charge is 2.42. The third-order valence-corrected chi connectivity index (χ3v) is 6.07. The first-order valence-electron chi connectivity index (χ1n) is 11.1.